The van der Waals surface area contributed by atoms with Gasteiger partial charge in [-0.3, -0.25) is 0 Å². The molecule has 1 aliphatic heterocycles. The fraction of sp³-hybridized carbons (Fsp3) is 0.333. The maximum atomic E-state index is 2.20. The fourth-order valence-electron chi connectivity index (χ4n) is 0.499. The van der Waals surface area contributed by atoms with E-state index in [4.69, 9.17) is 0 Å². The van der Waals surface area contributed by atoms with E-state index in [2.05, 4.69) is 29.9 Å². The quantitative estimate of drug-likeness (QED) is 0.519. The van der Waals surface area contributed by atoms with Crippen LogP contribution in [0.5, 0.6) is 0 Å². The van der Waals surface area contributed by atoms with Gasteiger partial charge in [0.1, 0.15) is 0 Å². The van der Waals surface area contributed by atoms with Crippen LogP contribution in [-0.4, -0.2) is 4.58 Å². The Hall–Kier alpha value is 0.180. The van der Waals surface area contributed by atoms with E-state index < -0.39 is 0 Å². The predicted octanol–water partition coefficient (Wildman–Crippen LogP) is 2.84. The van der Waals surface area contributed by atoms with E-state index in [9.17, 15) is 0 Å². The van der Waals surface area contributed by atoms with E-state index in [1.54, 1.807) is 0 Å². The average molecular weight is 144 g/mol. The second-order valence-corrected chi connectivity index (χ2v) is 3.84. The van der Waals surface area contributed by atoms with Gasteiger partial charge in [0.15, 0.2) is 0 Å². The lowest BCUT2D eigenvalue weighted by Gasteiger charge is -1.95. The van der Waals surface area contributed by atoms with Gasteiger partial charge in [0.25, 0.3) is 0 Å². The summed E-state index contributed by atoms with van der Waals surface area (Å²) in [7, 11) is 0. The van der Waals surface area contributed by atoms with Crippen LogP contribution in [0.3, 0.4) is 0 Å². The van der Waals surface area contributed by atoms with Crippen LogP contribution in [0.2, 0.25) is 0 Å². The Morgan fingerprint density at radius 1 is 1.38 bits per heavy atom. The van der Waals surface area contributed by atoms with Gasteiger partial charge >= 0.3 is 0 Å². The molecule has 0 radical (unpaired) electrons. The van der Waals surface area contributed by atoms with Crippen LogP contribution in [0, 0.1) is 0 Å². The van der Waals surface area contributed by atoms with Crippen LogP contribution < -0.4 is 0 Å². The van der Waals surface area contributed by atoms with Crippen molar-refractivity contribution < 1.29 is 0 Å². The Labute approximate surface area is 58.4 Å². The van der Waals surface area contributed by atoms with Crippen LogP contribution in [0.25, 0.3) is 0 Å². The number of hydrogen-bond acceptors (Lipinski definition) is 2. The van der Waals surface area contributed by atoms with E-state index in [0.717, 1.165) is 0 Å². The number of allylic oxidation sites excluding steroid dienone is 1. The molecule has 0 aromatic carbocycles. The third kappa shape index (κ3) is 1.60. The lowest BCUT2D eigenvalue weighted by molar-refractivity contribution is 1.60. The van der Waals surface area contributed by atoms with Gasteiger partial charge in [0, 0.05) is 0 Å². The largest absolute Gasteiger partial charge is 0.115 e. The highest BCUT2D eigenvalue weighted by atomic mass is 32.2. The van der Waals surface area contributed by atoms with E-state index in [1.165, 1.54) is 0 Å². The highest BCUT2D eigenvalue weighted by Gasteiger charge is 2.04. The van der Waals surface area contributed by atoms with Crippen molar-refractivity contribution in [1.82, 2.24) is 0 Å². The molecule has 0 unspecified atom stereocenters. The minimum absolute atomic E-state index is 0.653. The first-order chi connectivity index (χ1) is 3.93. The highest BCUT2D eigenvalue weighted by Crippen LogP contribution is 2.33. The summed E-state index contributed by atoms with van der Waals surface area (Å²) < 4.78 is 0.653. The Bertz CT molecular complexity index is 108. The van der Waals surface area contributed by atoms with E-state index in [0.29, 0.717) is 4.58 Å². The Kier molecular flexibility index (Phi) is 2.56. The summed E-state index contributed by atoms with van der Waals surface area (Å²) in [6, 6.07) is 0. The Morgan fingerprint density at radius 2 is 2.00 bits per heavy atom. The molecule has 0 spiro atoms. The van der Waals surface area contributed by atoms with Crippen LogP contribution in [-0.2, 0) is 0 Å². The maximum Gasteiger partial charge on any atom is 0.0764 e. The van der Waals surface area contributed by atoms with Crippen molar-refractivity contribution in [3.05, 3.63) is 23.0 Å². The van der Waals surface area contributed by atoms with Crippen molar-refractivity contribution in [2.45, 2.75) is 11.5 Å². The lowest BCUT2D eigenvalue weighted by atomic mass is 10.6. The van der Waals surface area contributed by atoms with Gasteiger partial charge in [-0.05, 0) is 17.7 Å². The molecule has 1 heterocycles. The first-order valence-electron chi connectivity index (χ1n) is 2.52. The second kappa shape index (κ2) is 3.25. The van der Waals surface area contributed by atoms with Crippen molar-refractivity contribution in [2.24, 2.45) is 0 Å². The van der Waals surface area contributed by atoms with Crippen LogP contribution in [0.15, 0.2) is 23.0 Å². The molecule has 0 saturated heterocycles. The molecule has 0 bridgehead atoms. The van der Waals surface area contributed by atoms with E-state index >= 15 is 0 Å². The SMILES string of the molecule is CC=CC1SC=CS1. The third-order valence-corrected chi connectivity index (χ3v) is 3.11. The zero-order valence-corrected chi connectivity index (χ0v) is 6.34. The molecule has 1 rings (SSSR count). The standard InChI is InChI=1S/C6H8S2/c1-2-3-6-7-4-5-8-6/h2-6H,1H3. The first kappa shape index (κ1) is 6.30. The second-order valence-electron chi connectivity index (χ2n) is 1.44. The minimum Gasteiger partial charge on any atom is -0.115 e. The molecule has 8 heavy (non-hydrogen) atoms. The average Bonchev–Trinajstić information content (AvgIpc) is 2.19. The predicted molar refractivity (Wildman–Crippen MR) is 42.9 cm³/mol. The normalized spacial score (nSPS) is 21.1. The topological polar surface area (TPSA) is 0 Å². The van der Waals surface area contributed by atoms with E-state index in [1.807, 2.05) is 23.5 Å². The summed E-state index contributed by atoms with van der Waals surface area (Å²) in [6.45, 7) is 2.06. The Balaban J connectivity index is 2.30. The summed E-state index contributed by atoms with van der Waals surface area (Å²) in [5, 5.41) is 4.27. The first-order valence-corrected chi connectivity index (χ1v) is 4.41. The van der Waals surface area contributed by atoms with Crippen LogP contribution in [0.1, 0.15) is 6.92 Å². The highest BCUT2D eigenvalue weighted by molar-refractivity contribution is 8.22. The molecular formula is C6H8S2. The molecule has 0 aromatic rings. The number of thioether (sulfide) groups is 2. The van der Waals surface area contributed by atoms with Crippen molar-refractivity contribution >= 4 is 23.5 Å². The van der Waals surface area contributed by atoms with Crippen molar-refractivity contribution in [1.29, 1.82) is 0 Å². The van der Waals surface area contributed by atoms with Gasteiger partial charge in [-0.15, -0.1) is 23.5 Å². The maximum absolute atomic E-state index is 2.20. The summed E-state index contributed by atoms with van der Waals surface area (Å²) >= 11 is 3.73. The molecule has 2 heteroatoms. The molecule has 0 aromatic heterocycles. The summed E-state index contributed by atoms with van der Waals surface area (Å²) in [4.78, 5) is 0. The van der Waals surface area contributed by atoms with Gasteiger partial charge < -0.3 is 0 Å². The van der Waals surface area contributed by atoms with Gasteiger partial charge in [-0.1, -0.05) is 12.2 Å². The zero-order valence-electron chi connectivity index (χ0n) is 4.70. The number of hydrogen-bond donors (Lipinski definition) is 0. The monoisotopic (exact) mass is 144 g/mol. The van der Waals surface area contributed by atoms with Gasteiger partial charge in [-0.2, -0.15) is 0 Å². The van der Waals surface area contributed by atoms with Gasteiger partial charge in [0.2, 0.25) is 0 Å². The van der Waals surface area contributed by atoms with Crippen LogP contribution in [0.4, 0.5) is 0 Å². The lowest BCUT2D eigenvalue weighted by Crippen LogP contribution is -1.80. The molecule has 0 atom stereocenters. The molecule has 0 amide bonds. The van der Waals surface area contributed by atoms with Gasteiger partial charge in [0.05, 0.1) is 4.58 Å². The van der Waals surface area contributed by atoms with E-state index in [-0.39, 0.29) is 0 Å². The summed E-state index contributed by atoms with van der Waals surface area (Å²) in [6.07, 6.45) is 4.30. The third-order valence-electron chi connectivity index (χ3n) is 0.831. The summed E-state index contributed by atoms with van der Waals surface area (Å²) in [5.41, 5.74) is 0. The molecule has 0 N–H and O–H groups in total. The molecule has 1 aliphatic rings. The van der Waals surface area contributed by atoms with Crippen molar-refractivity contribution in [3.63, 3.8) is 0 Å². The minimum atomic E-state index is 0.653. The summed E-state index contributed by atoms with van der Waals surface area (Å²) in [5.74, 6) is 0. The van der Waals surface area contributed by atoms with Gasteiger partial charge in [-0.25, -0.2) is 0 Å². The zero-order chi connectivity index (χ0) is 5.82. The van der Waals surface area contributed by atoms with Crippen molar-refractivity contribution in [3.8, 4) is 0 Å². The molecule has 0 nitrogen and oxygen atoms in total. The Morgan fingerprint density at radius 3 is 2.50 bits per heavy atom. The van der Waals surface area contributed by atoms with Crippen LogP contribution >= 0.6 is 23.5 Å². The molecule has 0 saturated carbocycles. The molecule has 0 aliphatic carbocycles. The molecular weight excluding hydrogens is 136 g/mol. The smallest absolute Gasteiger partial charge is 0.0764 e. The number of rotatable bonds is 1. The van der Waals surface area contributed by atoms with Crippen molar-refractivity contribution in [2.75, 3.05) is 0 Å². The fourth-order valence-corrected chi connectivity index (χ4v) is 2.46. The molecule has 0 fully saturated rings. The molecule has 44 valence electrons.